The molecule has 21 heavy (non-hydrogen) atoms. The first-order valence-corrected chi connectivity index (χ1v) is 8.07. The summed E-state index contributed by atoms with van der Waals surface area (Å²) in [6.45, 7) is 2.14. The molecule has 0 bridgehead atoms. The minimum Gasteiger partial charge on any atom is -0.456 e. The van der Waals surface area contributed by atoms with E-state index in [1.807, 2.05) is 42.5 Å². The monoisotopic (exact) mass is 417 g/mol. The molecule has 0 fully saturated rings. The average molecular weight is 418 g/mol. The highest BCUT2D eigenvalue weighted by Gasteiger charge is 2.08. The quantitative estimate of drug-likeness (QED) is 0.532. The van der Waals surface area contributed by atoms with E-state index in [4.69, 9.17) is 21.1 Å². The Bertz CT molecular complexity index is 592. The molecule has 0 aliphatic carbocycles. The zero-order valence-corrected chi connectivity index (χ0v) is 14.6. The van der Waals surface area contributed by atoms with Crippen LogP contribution < -0.4 is 10.1 Å². The van der Waals surface area contributed by atoms with Gasteiger partial charge in [0.05, 0.1) is 10.2 Å². The number of rotatable bonds is 7. The molecular weight excluding hydrogens is 401 g/mol. The van der Waals surface area contributed by atoms with Crippen LogP contribution in [0.15, 0.2) is 42.5 Å². The second kappa shape index (κ2) is 8.58. The van der Waals surface area contributed by atoms with Crippen LogP contribution in [0.2, 0.25) is 5.02 Å². The van der Waals surface area contributed by atoms with Gasteiger partial charge in [0.1, 0.15) is 11.5 Å². The van der Waals surface area contributed by atoms with Gasteiger partial charge in [0.15, 0.2) is 0 Å². The highest BCUT2D eigenvalue weighted by atomic mass is 127. The van der Waals surface area contributed by atoms with Crippen molar-refractivity contribution in [1.29, 1.82) is 0 Å². The smallest absolute Gasteiger partial charge is 0.140 e. The molecule has 0 aromatic heterocycles. The Morgan fingerprint density at radius 3 is 2.71 bits per heavy atom. The molecule has 1 N–H and O–H groups in total. The lowest BCUT2D eigenvalue weighted by molar-refractivity contribution is 0.199. The van der Waals surface area contributed by atoms with Gasteiger partial charge < -0.3 is 14.8 Å². The van der Waals surface area contributed by atoms with Crippen LogP contribution in [-0.4, -0.2) is 20.3 Å². The number of benzene rings is 2. The summed E-state index contributed by atoms with van der Waals surface area (Å²) in [5.74, 6) is 1.66. The van der Waals surface area contributed by atoms with Gasteiger partial charge in [0, 0.05) is 30.8 Å². The molecule has 0 saturated heterocycles. The van der Waals surface area contributed by atoms with Crippen LogP contribution >= 0.6 is 34.2 Å². The summed E-state index contributed by atoms with van der Waals surface area (Å²) < 4.78 is 12.1. The minimum absolute atomic E-state index is 0.674. The molecule has 0 amide bonds. The first-order chi connectivity index (χ1) is 10.2. The normalized spacial score (nSPS) is 10.6. The molecule has 3 nitrogen and oxygen atoms in total. The van der Waals surface area contributed by atoms with Crippen LogP contribution in [0.25, 0.3) is 0 Å². The van der Waals surface area contributed by atoms with E-state index in [1.54, 1.807) is 7.11 Å². The molecule has 2 aromatic rings. The van der Waals surface area contributed by atoms with Crippen molar-refractivity contribution in [1.82, 2.24) is 5.32 Å². The van der Waals surface area contributed by atoms with E-state index in [0.717, 1.165) is 27.2 Å². The van der Waals surface area contributed by atoms with E-state index in [9.17, 15) is 0 Å². The van der Waals surface area contributed by atoms with E-state index >= 15 is 0 Å². The Morgan fingerprint density at radius 2 is 1.95 bits per heavy atom. The molecule has 0 spiro atoms. The van der Waals surface area contributed by atoms with E-state index in [1.165, 1.54) is 0 Å². The van der Waals surface area contributed by atoms with Crippen LogP contribution in [0.5, 0.6) is 11.5 Å². The predicted molar refractivity (Wildman–Crippen MR) is 94.3 cm³/mol. The lowest BCUT2D eigenvalue weighted by Crippen LogP contribution is -2.18. The number of methoxy groups -OCH3 is 1. The van der Waals surface area contributed by atoms with Crippen LogP contribution in [0, 0.1) is 3.57 Å². The molecule has 0 unspecified atom stereocenters. The van der Waals surface area contributed by atoms with Gasteiger partial charge in [-0.3, -0.25) is 0 Å². The third-order valence-electron chi connectivity index (χ3n) is 2.88. The number of ether oxygens (including phenoxy) is 2. The number of para-hydroxylation sites is 1. The van der Waals surface area contributed by atoms with Gasteiger partial charge in [0.25, 0.3) is 0 Å². The Hall–Kier alpha value is -0.820. The topological polar surface area (TPSA) is 30.5 Å². The summed E-state index contributed by atoms with van der Waals surface area (Å²) in [5, 5.41) is 4.01. The van der Waals surface area contributed by atoms with E-state index in [-0.39, 0.29) is 0 Å². The summed E-state index contributed by atoms with van der Waals surface area (Å²) in [4.78, 5) is 0. The maximum Gasteiger partial charge on any atom is 0.140 e. The second-order valence-electron chi connectivity index (χ2n) is 4.45. The van der Waals surface area contributed by atoms with Gasteiger partial charge in [-0.1, -0.05) is 23.7 Å². The summed E-state index contributed by atoms with van der Waals surface area (Å²) in [6, 6.07) is 13.6. The maximum absolute atomic E-state index is 6.08. The van der Waals surface area contributed by atoms with Crippen molar-refractivity contribution < 1.29 is 9.47 Å². The summed E-state index contributed by atoms with van der Waals surface area (Å²) in [5.41, 5.74) is 1.03. The fourth-order valence-electron chi connectivity index (χ4n) is 1.83. The van der Waals surface area contributed by atoms with Gasteiger partial charge >= 0.3 is 0 Å². The summed E-state index contributed by atoms with van der Waals surface area (Å²) >= 11 is 8.34. The molecule has 0 radical (unpaired) electrons. The van der Waals surface area contributed by atoms with E-state index in [2.05, 4.69) is 27.9 Å². The van der Waals surface area contributed by atoms with Crippen molar-refractivity contribution in [2.24, 2.45) is 0 Å². The molecule has 0 aliphatic rings. The molecule has 112 valence electrons. The second-order valence-corrected chi connectivity index (χ2v) is 6.05. The van der Waals surface area contributed by atoms with Crippen LogP contribution in [0.4, 0.5) is 0 Å². The molecule has 2 aromatic carbocycles. The Kier molecular flexibility index (Phi) is 6.76. The third kappa shape index (κ3) is 5.14. The summed E-state index contributed by atoms with van der Waals surface area (Å²) in [6.07, 6.45) is 0. The number of nitrogens with one attached hydrogen (secondary N) is 1. The largest absolute Gasteiger partial charge is 0.456 e. The van der Waals surface area contributed by atoms with E-state index in [0.29, 0.717) is 18.2 Å². The van der Waals surface area contributed by atoms with Crippen molar-refractivity contribution in [3.05, 3.63) is 56.6 Å². The first kappa shape index (κ1) is 16.5. The average Bonchev–Trinajstić information content (AvgIpc) is 2.48. The third-order valence-corrected chi connectivity index (χ3v) is 4.00. The van der Waals surface area contributed by atoms with Gasteiger partial charge in [-0.05, 0) is 52.9 Å². The SMILES string of the molecule is COCCNCc1cc(Cl)ccc1Oc1ccccc1I. The molecule has 0 saturated carbocycles. The fourth-order valence-corrected chi connectivity index (χ4v) is 2.52. The van der Waals surface area contributed by atoms with Crippen molar-refractivity contribution in [3.8, 4) is 11.5 Å². The van der Waals surface area contributed by atoms with Gasteiger partial charge in [-0.15, -0.1) is 0 Å². The van der Waals surface area contributed by atoms with Crippen LogP contribution in [0.1, 0.15) is 5.56 Å². The van der Waals surface area contributed by atoms with Crippen LogP contribution in [-0.2, 0) is 11.3 Å². The number of halogens is 2. The highest BCUT2D eigenvalue weighted by Crippen LogP contribution is 2.30. The molecule has 0 heterocycles. The molecule has 0 atom stereocenters. The van der Waals surface area contributed by atoms with Gasteiger partial charge in [-0.25, -0.2) is 0 Å². The standard InChI is InChI=1S/C16H17ClINO2/c1-20-9-8-19-11-12-10-13(17)6-7-15(12)21-16-5-3-2-4-14(16)18/h2-7,10,19H,8-9,11H2,1H3. The Labute approximate surface area is 143 Å². The van der Waals surface area contributed by atoms with E-state index < -0.39 is 0 Å². The Morgan fingerprint density at radius 1 is 1.14 bits per heavy atom. The zero-order chi connectivity index (χ0) is 15.1. The molecule has 0 aliphatic heterocycles. The van der Waals surface area contributed by atoms with Crippen molar-refractivity contribution in [3.63, 3.8) is 0 Å². The highest BCUT2D eigenvalue weighted by molar-refractivity contribution is 14.1. The maximum atomic E-state index is 6.08. The molecule has 2 rings (SSSR count). The Balaban J connectivity index is 2.13. The predicted octanol–water partition coefficient (Wildman–Crippen LogP) is 4.47. The van der Waals surface area contributed by atoms with Crippen molar-refractivity contribution >= 4 is 34.2 Å². The molecule has 5 heteroatoms. The minimum atomic E-state index is 0.674. The zero-order valence-electron chi connectivity index (χ0n) is 11.7. The van der Waals surface area contributed by atoms with Gasteiger partial charge in [0.2, 0.25) is 0 Å². The lowest BCUT2D eigenvalue weighted by Gasteiger charge is -2.13. The van der Waals surface area contributed by atoms with Crippen molar-refractivity contribution in [2.75, 3.05) is 20.3 Å². The molecular formula is C16H17ClINO2. The van der Waals surface area contributed by atoms with Crippen molar-refractivity contribution in [2.45, 2.75) is 6.54 Å². The fraction of sp³-hybridized carbons (Fsp3) is 0.250. The summed E-state index contributed by atoms with van der Waals surface area (Å²) in [7, 11) is 1.69. The number of hydrogen-bond donors (Lipinski definition) is 1. The lowest BCUT2D eigenvalue weighted by atomic mass is 10.2. The first-order valence-electron chi connectivity index (χ1n) is 6.61. The van der Waals surface area contributed by atoms with Crippen LogP contribution in [0.3, 0.4) is 0 Å². The van der Waals surface area contributed by atoms with Gasteiger partial charge in [-0.2, -0.15) is 0 Å². The number of hydrogen-bond acceptors (Lipinski definition) is 3.